The fraction of sp³-hybridized carbons (Fsp3) is 0.368. The summed E-state index contributed by atoms with van der Waals surface area (Å²) in [5.74, 6) is 1.60. The van der Waals surface area contributed by atoms with E-state index in [2.05, 4.69) is 15.1 Å². The van der Waals surface area contributed by atoms with Crippen LogP contribution in [0.4, 0.5) is 10.6 Å². The number of hydrogen-bond acceptors (Lipinski definition) is 5. The number of fused-ring (bicyclic) bond motifs is 1. The molecule has 1 aliphatic rings. The Morgan fingerprint density at radius 3 is 2.56 bits per heavy atom. The van der Waals surface area contributed by atoms with Crippen molar-refractivity contribution in [3.63, 3.8) is 0 Å². The third kappa shape index (κ3) is 3.42. The molecule has 0 bridgehead atoms. The van der Waals surface area contributed by atoms with Crippen molar-refractivity contribution in [3.8, 4) is 11.4 Å². The van der Waals surface area contributed by atoms with E-state index in [-0.39, 0.29) is 6.03 Å². The number of urea groups is 1. The van der Waals surface area contributed by atoms with Crippen molar-refractivity contribution < 1.29 is 4.79 Å². The van der Waals surface area contributed by atoms with Crippen LogP contribution in [0.15, 0.2) is 42.5 Å². The second-order valence-electron chi connectivity index (χ2n) is 6.86. The van der Waals surface area contributed by atoms with Crippen LogP contribution in [0.3, 0.4) is 0 Å². The third-order valence-electron chi connectivity index (χ3n) is 4.75. The summed E-state index contributed by atoms with van der Waals surface area (Å²) in [4.78, 5) is 18.0. The standard InChI is InChI=1S/C19H23N7O/c1-23(2)19(27)25-12-6-11-24(13-14-25)17-10-9-16-20-21-18(26(16)22-17)15-7-4-3-5-8-15/h3-5,7-10H,6,11-14H2,1-2H3. The summed E-state index contributed by atoms with van der Waals surface area (Å²) in [6, 6.07) is 13.9. The molecule has 0 radical (unpaired) electrons. The van der Waals surface area contributed by atoms with E-state index < -0.39 is 0 Å². The van der Waals surface area contributed by atoms with Crippen LogP contribution in [0.2, 0.25) is 0 Å². The number of hydrogen-bond donors (Lipinski definition) is 0. The van der Waals surface area contributed by atoms with Crippen molar-refractivity contribution in [2.45, 2.75) is 6.42 Å². The zero-order valence-corrected chi connectivity index (χ0v) is 15.6. The van der Waals surface area contributed by atoms with Gasteiger partial charge in [0, 0.05) is 45.8 Å². The zero-order chi connectivity index (χ0) is 18.8. The lowest BCUT2D eigenvalue weighted by Crippen LogP contribution is -2.41. The van der Waals surface area contributed by atoms with Crippen LogP contribution in [-0.4, -0.2) is 75.9 Å². The lowest BCUT2D eigenvalue weighted by Gasteiger charge is -2.25. The number of benzene rings is 1. The number of aromatic nitrogens is 4. The molecule has 4 rings (SSSR count). The lowest BCUT2D eigenvalue weighted by molar-refractivity contribution is 0.174. The molecule has 27 heavy (non-hydrogen) atoms. The van der Waals surface area contributed by atoms with Gasteiger partial charge in [-0.25, -0.2) is 4.79 Å². The maximum Gasteiger partial charge on any atom is 0.319 e. The van der Waals surface area contributed by atoms with E-state index >= 15 is 0 Å². The van der Waals surface area contributed by atoms with E-state index in [9.17, 15) is 4.79 Å². The van der Waals surface area contributed by atoms with Crippen LogP contribution < -0.4 is 4.90 Å². The number of anilines is 1. The van der Waals surface area contributed by atoms with Crippen molar-refractivity contribution in [2.24, 2.45) is 0 Å². The molecule has 1 aliphatic heterocycles. The first kappa shape index (κ1) is 17.3. The summed E-state index contributed by atoms with van der Waals surface area (Å²) in [6.07, 6.45) is 0.910. The Balaban J connectivity index is 1.60. The summed E-state index contributed by atoms with van der Waals surface area (Å²) in [5, 5.41) is 13.3. The molecule has 2 amide bonds. The van der Waals surface area contributed by atoms with Gasteiger partial charge in [-0.3, -0.25) is 0 Å². The first-order valence-corrected chi connectivity index (χ1v) is 9.12. The minimum atomic E-state index is 0.0606. The molecule has 0 N–H and O–H groups in total. The van der Waals surface area contributed by atoms with E-state index in [1.165, 1.54) is 0 Å². The molecule has 3 aromatic rings. The number of rotatable bonds is 2. The summed E-state index contributed by atoms with van der Waals surface area (Å²) >= 11 is 0. The highest BCUT2D eigenvalue weighted by Crippen LogP contribution is 2.20. The first-order chi connectivity index (χ1) is 13.1. The van der Waals surface area contributed by atoms with E-state index in [1.54, 1.807) is 23.5 Å². The SMILES string of the molecule is CN(C)C(=O)N1CCCN(c2ccc3nnc(-c4ccccc4)n3n2)CC1. The molecular weight excluding hydrogens is 342 g/mol. The molecule has 0 unspecified atom stereocenters. The highest BCUT2D eigenvalue weighted by atomic mass is 16.2. The second-order valence-corrected chi connectivity index (χ2v) is 6.86. The second kappa shape index (κ2) is 7.22. The highest BCUT2D eigenvalue weighted by molar-refractivity contribution is 5.74. The smallest absolute Gasteiger partial charge is 0.319 e. The fourth-order valence-electron chi connectivity index (χ4n) is 3.34. The minimum absolute atomic E-state index is 0.0606. The van der Waals surface area contributed by atoms with Crippen molar-refractivity contribution in [2.75, 3.05) is 45.2 Å². The first-order valence-electron chi connectivity index (χ1n) is 9.12. The normalized spacial score (nSPS) is 15.0. The number of carbonyl (C=O) groups excluding carboxylic acids is 1. The van der Waals surface area contributed by atoms with Gasteiger partial charge in [-0.15, -0.1) is 15.3 Å². The Kier molecular flexibility index (Phi) is 4.62. The molecule has 0 spiro atoms. The monoisotopic (exact) mass is 365 g/mol. The Hall–Kier alpha value is -3.16. The molecular formula is C19H23N7O. The predicted molar refractivity (Wildman–Crippen MR) is 104 cm³/mol. The van der Waals surface area contributed by atoms with Crippen molar-refractivity contribution >= 4 is 17.5 Å². The molecule has 140 valence electrons. The zero-order valence-electron chi connectivity index (χ0n) is 15.6. The number of nitrogens with zero attached hydrogens (tertiary/aromatic N) is 7. The van der Waals surface area contributed by atoms with Gasteiger partial charge in [-0.2, -0.15) is 4.52 Å². The molecule has 8 heteroatoms. The highest BCUT2D eigenvalue weighted by Gasteiger charge is 2.21. The summed E-state index contributed by atoms with van der Waals surface area (Å²) in [5.41, 5.74) is 1.70. The number of amides is 2. The molecule has 8 nitrogen and oxygen atoms in total. The van der Waals surface area contributed by atoms with Crippen LogP contribution in [-0.2, 0) is 0 Å². The maximum atomic E-state index is 12.2. The number of carbonyl (C=O) groups is 1. The van der Waals surface area contributed by atoms with Gasteiger partial charge in [0.05, 0.1) is 0 Å². The van der Waals surface area contributed by atoms with E-state index in [0.717, 1.165) is 48.9 Å². The molecule has 0 saturated carbocycles. The molecule has 1 aromatic carbocycles. The van der Waals surface area contributed by atoms with Gasteiger partial charge in [0.2, 0.25) is 0 Å². The van der Waals surface area contributed by atoms with Crippen LogP contribution in [0, 0.1) is 0 Å². The summed E-state index contributed by atoms with van der Waals surface area (Å²) < 4.78 is 1.79. The Bertz CT molecular complexity index is 938. The minimum Gasteiger partial charge on any atom is -0.353 e. The summed E-state index contributed by atoms with van der Waals surface area (Å²) in [7, 11) is 3.58. The molecule has 2 aromatic heterocycles. The van der Waals surface area contributed by atoms with Crippen LogP contribution in [0.25, 0.3) is 17.0 Å². The van der Waals surface area contributed by atoms with Gasteiger partial charge >= 0.3 is 6.03 Å². The predicted octanol–water partition coefficient (Wildman–Crippen LogP) is 1.98. The molecule has 1 saturated heterocycles. The van der Waals surface area contributed by atoms with Gasteiger partial charge in [0.15, 0.2) is 11.5 Å². The van der Waals surface area contributed by atoms with Gasteiger partial charge in [0.25, 0.3) is 0 Å². The van der Waals surface area contributed by atoms with Gasteiger partial charge in [-0.05, 0) is 18.6 Å². The Morgan fingerprint density at radius 2 is 1.78 bits per heavy atom. The van der Waals surface area contributed by atoms with Gasteiger partial charge in [-0.1, -0.05) is 30.3 Å². The summed E-state index contributed by atoms with van der Waals surface area (Å²) in [6.45, 7) is 3.06. The third-order valence-corrected chi connectivity index (χ3v) is 4.75. The molecule has 3 heterocycles. The topological polar surface area (TPSA) is 69.9 Å². The van der Waals surface area contributed by atoms with E-state index in [0.29, 0.717) is 6.54 Å². The van der Waals surface area contributed by atoms with Crippen molar-refractivity contribution in [1.82, 2.24) is 29.6 Å². The molecule has 1 fully saturated rings. The van der Waals surface area contributed by atoms with Crippen molar-refractivity contribution in [1.29, 1.82) is 0 Å². The Labute approximate surface area is 158 Å². The molecule has 0 atom stereocenters. The molecule has 0 aliphatic carbocycles. The Morgan fingerprint density at radius 1 is 0.963 bits per heavy atom. The largest absolute Gasteiger partial charge is 0.353 e. The average Bonchev–Trinajstić information content (AvgIpc) is 2.96. The van der Waals surface area contributed by atoms with Crippen LogP contribution >= 0.6 is 0 Å². The van der Waals surface area contributed by atoms with Crippen molar-refractivity contribution in [3.05, 3.63) is 42.5 Å². The quantitative estimate of drug-likeness (QED) is 0.695. The lowest BCUT2D eigenvalue weighted by atomic mass is 10.2. The van der Waals surface area contributed by atoms with E-state index in [4.69, 9.17) is 5.10 Å². The van der Waals surface area contributed by atoms with Gasteiger partial charge in [0.1, 0.15) is 5.82 Å². The van der Waals surface area contributed by atoms with E-state index in [1.807, 2.05) is 47.4 Å². The average molecular weight is 365 g/mol. The fourth-order valence-corrected chi connectivity index (χ4v) is 3.34. The van der Waals surface area contributed by atoms with Crippen LogP contribution in [0.1, 0.15) is 6.42 Å². The maximum absolute atomic E-state index is 12.2. The van der Waals surface area contributed by atoms with Gasteiger partial charge < -0.3 is 14.7 Å². The van der Waals surface area contributed by atoms with Crippen LogP contribution in [0.5, 0.6) is 0 Å².